The van der Waals surface area contributed by atoms with Gasteiger partial charge < -0.3 is 33.2 Å². The molecule has 0 radical (unpaired) electrons. The van der Waals surface area contributed by atoms with Crippen LogP contribution in [0.2, 0.25) is 18.6 Å². The van der Waals surface area contributed by atoms with Crippen LogP contribution < -0.4 is 19.3 Å². The minimum Gasteiger partial charge on any atom is -0.497 e. The summed E-state index contributed by atoms with van der Waals surface area (Å²) in [5.74, 6) is 0.238. The summed E-state index contributed by atoms with van der Waals surface area (Å²) in [5.41, 5.74) is 1.52. The maximum atomic E-state index is 16.4. The smallest absolute Gasteiger partial charge is 0.266 e. The molecule has 5 atom stereocenters. The molecule has 3 amide bonds. The number of benzene rings is 4. The van der Waals surface area contributed by atoms with Crippen molar-refractivity contribution >= 4 is 43.2 Å². The van der Waals surface area contributed by atoms with Gasteiger partial charge in [-0.25, -0.2) is 0 Å². The second-order valence-electron chi connectivity index (χ2n) is 15.2. The molecular formula is C42H44FN3O7Si. The molecule has 0 aromatic heterocycles. The zero-order chi connectivity index (χ0) is 37.9. The summed E-state index contributed by atoms with van der Waals surface area (Å²) in [6.07, 6.45) is 0.605. The standard InChI is InChI=1S/C42H44FN3O7Si/c1-26-39(54(3,4)43)37(23-38(48)44-21-9-10-29(44)25-47)53-42(26)32-22-30(51-2)19-20-33(32)45(41(42)50)24-27-15-17-28(18-16-27)46-34-12-6-8-14-36(34)52-35-13-7-5-11-31(35)40(46)49/h5-8,11-20,22,26,29,37,39,47H,9-10,21,23-25H2,1-4H3/t26-,29-,37+,39-,42+/m0/s1. The fourth-order valence-corrected chi connectivity index (χ4v) is 11.6. The average Bonchev–Trinajstić information content (AvgIpc) is 3.80. The third-order valence-electron chi connectivity index (χ3n) is 11.6. The summed E-state index contributed by atoms with van der Waals surface area (Å²) in [6.45, 7) is 5.68. The third-order valence-corrected chi connectivity index (χ3v) is 14.1. The molecule has 0 saturated carbocycles. The van der Waals surface area contributed by atoms with Gasteiger partial charge in [-0.3, -0.25) is 19.3 Å². The minimum atomic E-state index is -3.51. The second-order valence-corrected chi connectivity index (χ2v) is 19.0. The maximum absolute atomic E-state index is 16.4. The Kier molecular flexibility index (Phi) is 9.10. The Bertz CT molecular complexity index is 2120. The number of fused-ring (bicyclic) bond motifs is 4. The number of aliphatic hydroxyl groups excluding tert-OH is 1. The van der Waals surface area contributed by atoms with Crippen LogP contribution in [0, 0.1) is 5.92 Å². The van der Waals surface area contributed by atoms with Crippen LogP contribution >= 0.6 is 0 Å². The average molecular weight is 750 g/mol. The number of likely N-dealkylation sites (tertiary alicyclic amines) is 1. The van der Waals surface area contributed by atoms with Crippen LogP contribution in [0.15, 0.2) is 91.0 Å². The number of hydrogen-bond donors (Lipinski definition) is 1. The number of carbonyl (C=O) groups is 3. The zero-order valence-electron chi connectivity index (χ0n) is 30.8. The summed E-state index contributed by atoms with van der Waals surface area (Å²) in [5, 5.41) is 9.90. The topological polar surface area (TPSA) is 109 Å². The first kappa shape index (κ1) is 36.0. The number of amides is 3. The lowest BCUT2D eigenvalue weighted by molar-refractivity contribution is -0.150. The Hall–Kier alpha value is -5.04. The van der Waals surface area contributed by atoms with Gasteiger partial charge in [-0.1, -0.05) is 43.3 Å². The van der Waals surface area contributed by atoms with Gasteiger partial charge in [0.05, 0.1) is 55.8 Å². The van der Waals surface area contributed by atoms with Crippen molar-refractivity contribution < 1.29 is 37.8 Å². The van der Waals surface area contributed by atoms with E-state index in [0.717, 1.165) is 12.0 Å². The number of para-hydroxylation sites is 3. The first-order valence-electron chi connectivity index (χ1n) is 18.5. The van der Waals surface area contributed by atoms with E-state index in [1.54, 1.807) is 65.2 Å². The highest BCUT2D eigenvalue weighted by atomic mass is 28.4. The van der Waals surface area contributed by atoms with E-state index in [0.29, 0.717) is 58.4 Å². The molecule has 1 spiro atoms. The molecular weight excluding hydrogens is 706 g/mol. The van der Waals surface area contributed by atoms with Crippen molar-refractivity contribution in [2.75, 3.05) is 30.1 Å². The quantitative estimate of drug-likeness (QED) is 0.147. The summed E-state index contributed by atoms with van der Waals surface area (Å²) < 4.78 is 35.0. The minimum absolute atomic E-state index is 0.0739. The van der Waals surface area contributed by atoms with Crippen LogP contribution in [0.4, 0.5) is 21.2 Å². The maximum Gasteiger partial charge on any atom is 0.266 e. The molecule has 280 valence electrons. The predicted molar refractivity (Wildman–Crippen MR) is 205 cm³/mol. The van der Waals surface area contributed by atoms with Gasteiger partial charge in [0.2, 0.25) is 14.3 Å². The molecule has 1 N–H and O–H groups in total. The van der Waals surface area contributed by atoms with Gasteiger partial charge in [-0.2, -0.15) is 0 Å². The molecule has 0 aliphatic carbocycles. The van der Waals surface area contributed by atoms with Crippen molar-refractivity contribution in [2.24, 2.45) is 5.92 Å². The van der Waals surface area contributed by atoms with E-state index >= 15 is 4.11 Å². The number of anilines is 3. The Balaban J connectivity index is 1.12. The van der Waals surface area contributed by atoms with Crippen molar-refractivity contribution in [3.63, 3.8) is 0 Å². The van der Waals surface area contributed by atoms with Crippen LogP contribution in [0.1, 0.15) is 47.7 Å². The molecule has 2 saturated heterocycles. The monoisotopic (exact) mass is 749 g/mol. The van der Waals surface area contributed by atoms with Crippen molar-refractivity contribution in [3.8, 4) is 17.2 Å². The highest BCUT2D eigenvalue weighted by molar-refractivity contribution is 6.72. The van der Waals surface area contributed by atoms with Gasteiger partial charge in [0.25, 0.3) is 11.8 Å². The highest BCUT2D eigenvalue weighted by Crippen LogP contribution is 2.61. The number of ether oxygens (including phenoxy) is 3. The summed E-state index contributed by atoms with van der Waals surface area (Å²) in [7, 11) is -1.96. The van der Waals surface area contributed by atoms with E-state index in [-0.39, 0.29) is 43.3 Å². The number of halogens is 1. The first-order chi connectivity index (χ1) is 26.0. The number of hydrogen-bond acceptors (Lipinski definition) is 7. The Morgan fingerprint density at radius 1 is 0.981 bits per heavy atom. The van der Waals surface area contributed by atoms with Crippen LogP contribution in [-0.4, -0.2) is 68.5 Å². The zero-order valence-corrected chi connectivity index (χ0v) is 31.8. The molecule has 4 aliphatic rings. The predicted octanol–water partition coefficient (Wildman–Crippen LogP) is 7.47. The van der Waals surface area contributed by atoms with Crippen LogP contribution in [-0.2, 0) is 26.5 Å². The van der Waals surface area contributed by atoms with Gasteiger partial charge in [0.15, 0.2) is 11.4 Å². The van der Waals surface area contributed by atoms with Gasteiger partial charge in [0.1, 0.15) is 11.5 Å². The molecule has 54 heavy (non-hydrogen) atoms. The fourth-order valence-electron chi connectivity index (χ4n) is 9.15. The number of nitrogens with zero attached hydrogens (tertiary/aromatic N) is 3. The van der Waals surface area contributed by atoms with Gasteiger partial charge >= 0.3 is 0 Å². The van der Waals surface area contributed by atoms with Crippen LogP contribution in [0.3, 0.4) is 0 Å². The van der Waals surface area contributed by atoms with E-state index in [1.807, 2.05) is 67.6 Å². The number of aliphatic hydroxyl groups is 1. The summed E-state index contributed by atoms with van der Waals surface area (Å²) in [4.78, 5) is 47.6. The van der Waals surface area contributed by atoms with Crippen LogP contribution in [0.25, 0.3) is 0 Å². The Labute approximate surface area is 315 Å². The molecule has 0 bridgehead atoms. The van der Waals surface area contributed by atoms with Crippen molar-refractivity contribution in [1.29, 1.82) is 0 Å². The SMILES string of the molecule is COc1ccc2c(c1)[C@@]1(O[C@H](CC(=O)N3CCC[C@H]3CO)[C@@H]([Si](C)(C)F)[C@@H]1C)C(=O)N2Cc1ccc(N2C(=O)c3ccccc3Oc3ccccc32)cc1. The van der Waals surface area contributed by atoms with Crippen molar-refractivity contribution in [2.45, 2.75) is 69.1 Å². The Morgan fingerprint density at radius 3 is 2.43 bits per heavy atom. The third kappa shape index (κ3) is 5.78. The first-order valence-corrected chi connectivity index (χ1v) is 21.5. The molecule has 4 aliphatic heterocycles. The normalized spacial score (nSPS) is 24.7. The Morgan fingerprint density at radius 2 is 1.70 bits per heavy atom. The molecule has 10 nitrogen and oxygen atoms in total. The lowest BCUT2D eigenvalue weighted by Gasteiger charge is -2.31. The summed E-state index contributed by atoms with van der Waals surface area (Å²) >= 11 is 0. The number of rotatable bonds is 8. The molecule has 4 aromatic carbocycles. The van der Waals surface area contributed by atoms with Crippen molar-refractivity contribution in [3.05, 3.63) is 108 Å². The van der Waals surface area contributed by atoms with E-state index in [1.165, 1.54) is 0 Å². The lowest BCUT2D eigenvalue weighted by atomic mass is 9.82. The van der Waals surface area contributed by atoms with E-state index in [9.17, 15) is 19.5 Å². The van der Waals surface area contributed by atoms with Gasteiger partial charge in [0, 0.05) is 29.3 Å². The molecule has 0 unspecified atom stereocenters. The highest BCUT2D eigenvalue weighted by Gasteiger charge is 2.67. The van der Waals surface area contributed by atoms with E-state index in [2.05, 4.69) is 0 Å². The molecule has 12 heteroatoms. The summed E-state index contributed by atoms with van der Waals surface area (Å²) in [6, 6.07) is 27.2. The van der Waals surface area contributed by atoms with E-state index in [4.69, 9.17) is 14.2 Å². The molecule has 8 rings (SSSR count). The van der Waals surface area contributed by atoms with Gasteiger partial charge in [-0.15, -0.1) is 0 Å². The number of methoxy groups -OCH3 is 1. The fraction of sp³-hybridized carbons (Fsp3) is 0.357. The van der Waals surface area contributed by atoms with Crippen LogP contribution in [0.5, 0.6) is 17.2 Å². The largest absolute Gasteiger partial charge is 0.497 e. The molecule has 4 aromatic rings. The van der Waals surface area contributed by atoms with Crippen molar-refractivity contribution in [1.82, 2.24) is 4.90 Å². The lowest BCUT2D eigenvalue weighted by Crippen LogP contribution is -2.45. The molecule has 4 heterocycles. The number of carbonyl (C=O) groups excluding carboxylic acids is 3. The van der Waals surface area contributed by atoms with Gasteiger partial charge in [-0.05, 0) is 86.1 Å². The second kappa shape index (κ2) is 13.7. The van der Waals surface area contributed by atoms with E-state index < -0.39 is 31.6 Å². The molecule has 2 fully saturated rings.